The number of rotatable bonds is 6. The van der Waals surface area contributed by atoms with Gasteiger partial charge in [-0.2, -0.15) is 0 Å². The number of amides is 2. The molecule has 0 aromatic carbocycles. The summed E-state index contributed by atoms with van der Waals surface area (Å²) in [5.74, 6) is 1.45. The molecular formula is C15H26N2O3. The van der Waals surface area contributed by atoms with Crippen molar-refractivity contribution in [1.29, 1.82) is 0 Å². The Balaban J connectivity index is 1.78. The van der Waals surface area contributed by atoms with Crippen LogP contribution in [0.3, 0.4) is 0 Å². The van der Waals surface area contributed by atoms with Gasteiger partial charge in [-0.15, -0.1) is 0 Å². The number of nitrogens with zero attached hydrogens (tertiary/aromatic N) is 1. The lowest BCUT2D eigenvalue weighted by Gasteiger charge is -2.29. The molecule has 0 radical (unpaired) electrons. The average Bonchev–Trinajstić information content (AvgIpc) is 2.98. The fourth-order valence-electron chi connectivity index (χ4n) is 3.96. The second-order valence-corrected chi connectivity index (χ2v) is 6.35. The van der Waals surface area contributed by atoms with Crippen molar-refractivity contribution in [2.45, 2.75) is 52.0 Å². The highest BCUT2D eigenvalue weighted by Crippen LogP contribution is 2.47. The van der Waals surface area contributed by atoms with E-state index >= 15 is 0 Å². The van der Waals surface area contributed by atoms with Crippen molar-refractivity contribution in [2.75, 3.05) is 13.1 Å². The summed E-state index contributed by atoms with van der Waals surface area (Å²) in [6, 6.07) is -0.387. The van der Waals surface area contributed by atoms with Gasteiger partial charge in [0.05, 0.1) is 6.42 Å². The van der Waals surface area contributed by atoms with Crippen LogP contribution in [-0.2, 0) is 4.79 Å². The van der Waals surface area contributed by atoms with E-state index in [1.54, 1.807) is 11.8 Å². The van der Waals surface area contributed by atoms with E-state index in [0.29, 0.717) is 12.5 Å². The van der Waals surface area contributed by atoms with Gasteiger partial charge in [0.1, 0.15) is 0 Å². The highest BCUT2D eigenvalue weighted by atomic mass is 16.4. The Labute approximate surface area is 120 Å². The van der Waals surface area contributed by atoms with Gasteiger partial charge in [-0.1, -0.05) is 6.42 Å². The number of hydrogen-bond acceptors (Lipinski definition) is 2. The van der Waals surface area contributed by atoms with Gasteiger partial charge in [0.25, 0.3) is 0 Å². The second kappa shape index (κ2) is 6.46. The Hall–Kier alpha value is -1.26. The molecule has 2 fully saturated rings. The molecular weight excluding hydrogens is 256 g/mol. The Bertz CT molecular complexity index is 372. The summed E-state index contributed by atoms with van der Waals surface area (Å²) in [6.07, 6.45) is 5.27. The Morgan fingerprint density at radius 3 is 2.60 bits per heavy atom. The van der Waals surface area contributed by atoms with E-state index in [2.05, 4.69) is 5.32 Å². The van der Waals surface area contributed by atoms with E-state index < -0.39 is 5.97 Å². The summed E-state index contributed by atoms with van der Waals surface area (Å²) in [6.45, 7) is 4.96. The molecule has 2 saturated carbocycles. The first-order chi connectivity index (χ1) is 9.51. The summed E-state index contributed by atoms with van der Waals surface area (Å²) >= 11 is 0. The molecule has 0 aromatic rings. The summed E-state index contributed by atoms with van der Waals surface area (Å²) in [5.41, 5.74) is 0. The third kappa shape index (κ3) is 3.44. The predicted molar refractivity (Wildman–Crippen MR) is 76.4 cm³/mol. The zero-order valence-corrected chi connectivity index (χ0v) is 12.5. The maximum atomic E-state index is 12.2. The van der Waals surface area contributed by atoms with E-state index in [9.17, 15) is 9.59 Å². The van der Waals surface area contributed by atoms with Crippen molar-refractivity contribution in [1.82, 2.24) is 10.2 Å². The Morgan fingerprint density at radius 1 is 1.35 bits per heavy atom. The number of carbonyl (C=O) groups excluding carboxylic acids is 1. The van der Waals surface area contributed by atoms with Gasteiger partial charge >= 0.3 is 12.0 Å². The molecule has 0 saturated heterocycles. The summed E-state index contributed by atoms with van der Waals surface area (Å²) < 4.78 is 0. The van der Waals surface area contributed by atoms with Gasteiger partial charge in [0.15, 0.2) is 0 Å². The van der Waals surface area contributed by atoms with Crippen LogP contribution < -0.4 is 5.32 Å². The molecule has 20 heavy (non-hydrogen) atoms. The molecule has 2 rings (SSSR count). The molecule has 2 bridgehead atoms. The molecule has 0 spiro atoms. The van der Waals surface area contributed by atoms with Crippen molar-refractivity contribution in [3.05, 3.63) is 0 Å². The lowest BCUT2D eigenvalue weighted by atomic mass is 9.89. The molecule has 5 nitrogen and oxygen atoms in total. The zero-order valence-electron chi connectivity index (χ0n) is 12.5. The van der Waals surface area contributed by atoms with Gasteiger partial charge in [-0.3, -0.25) is 4.79 Å². The van der Waals surface area contributed by atoms with Crippen molar-refractivity contribution in [3.63, 3.8) is 0 Å². The van der Waals surface area contributed by atoms with Crippen LogP contribution in [0.4, 0.5) is 4.79 Å². The van der Waals surface area contributed by atoms with Crippen LogP contribution in [0.1, 0.15) is 46.0 Å². The summed E-state index contributed by atoms with van der Waals surface area (Å²) in [7, 11) is 0. The third-order valence-corrected chi connectivity index (χ3v) is 5.00. The maximum Gasteiger partial charge on any atom is 0.317 e. The number of carboxylic acids is 1. The Morgan fingerprint density at radius 2 is 2.10 bits per heavy atom. The Kier molecular flexibility index (Phi) is 4.89. The topological polar surface area (TPSA) is 69.6 Å². The molecule has 0 aliphatic heterocycles. The van der Waals surface area contributed by atoms with Crippen LogP contribution >= 0.6 is 0 Å². The largest absolute Gasteiger partial charge is 0.481 e. The summed E-state index contributed by atoms with van der Waals surface area (Å²) in [4.78, 5) is 24.5. The molecule has 4 unspecified atom stereocenters. The number of carbonyl (C=O) groups is 2. The second-order valence-electron chi connectivity index (χ2n) is 6.35. The standard InChI is InChI=1S/C15H26N2O3/c1-3-17(10(2)6-14(18)19)15(20)16-9-13-8-11-4-5-12(13)7-11/h10-13H,3-9H2,1-2H3,(H,16,20)(H,18,19). The molecule has 2 aliphatic carbocycles. The van der Waals surface area contributed by atoms with E-state index in [-0.39, 0.29) is 18.5 Å². The van der Waals surface area contributed by atoms with Crippen LogP contribution in [0.5, 0.6) is 0 Å². The lowest BCUT2D eigenvalue weighted by Crippen LogP contribution is -2.47. The smallest absolute Gasteiger partial charge is 0.317 e. The van der Waals surface area contributed by atoms with Crippen LogP contribution in [0.25, 0.3) is 0 Å². The number of carboxylic acid groups (broad SMARTS) is 1. The van der Waals surface area contributed by atoms with Crippen molar-refractivity contribution in [3.8, 4) is 0 Å². The molecule has 0 aromatic heterocycles. The van der Waals surface area contributed by atoms with Crippen LogP contribution in [-0.4, -0.2) is 41.1 Å². The fraction of sp³-hybridized carbons (Fsp3) is 0.867. The van der Waals surface area contributed by atoms with Gasteiger partial charge in [0.2, 0.25) is 0 Å². The SMILES string of the molecule is CCN(C(=O)NCC1CC2CCC1C2)C(C)CC(=O)O. The maximum absolute atomic E-state index is 12.2. The predicted octanol–water partition coefficient (Wildman–Crippen LogP) is 2.32. The molecule has 114 valence electrons. The third-order valence-electron chi connectivity index (χ3n) is 5.00. The molecule has 5 heteroatoms. The van der Waals surface area contributed by atoms with Crippen LogP contribution in [0.2, 0.25) is 0 Å². The number of aliphatic carboxylic acids is 1. The van der Waals surface area contributed by atoms with Crippen molar-refractivity contribution >= 4 is 12.0 Å². The number of nitrogens with one attached hydrogen (secondary N) is 1. The first kappa shape index (κ1) is 15.1. The molecule has 0 heterocycles. The van der Waals surface area contributed by atoms with E-state index in [1.807, 2.05) is 6.92 Å². The van der Waals surface area contributed by atoms with Gasteiger partial charge in [0, 0.05) is 19.1 Å². The minimum atomic E-state index is -0.864. The van der Waals surface area contributed by atoms with Gasteiger partial charge in [-0.25, -0.2) is 4.79 Å². The number of fused-ring (bicyclic) bond motifs is 2. The monoisotopic (exact) mass is 282 g/mol. The quantitative estimate of drug-likeness (QED) is 0.785. The van der Waals surface area contributed by atoms with Crippen molar-refractivity contribution in [2.24, 2.45) is 17.8 Å². The fourth-order valence-corrected chi connectivity index (χ4v) is 3.96. The van der Waals surface area contributed by atoms with Gasteiger partial charge in [-0.05, 0) is 50.9 Å². The summed E-state index contributed by atoms with van der Waals surface area (Å²) in [5, 5.41) is 11.8. The number of urea groups is 1. The molecule has 2 aliphatic rings. The van der Waals surface area contributed by atoms with E-state index in [1.165, 1.54) is 25.7 Å². The normalized spacial score (nSPS) is 29.2. The minimum Gasteiger partial charge on any atom is -0.481 e. The highest BCUT2D eigenvalue weighted by Gasteiger charge is 2.39. The first-order valence-corrected chi connectivity index (χ1v) is 7.77. The lowest BCUT2D eigenvalue weighted by molar-refractivity contribution is -0.138. The molecule has 2 amide bonds. The first-order valence-electron chi connectivity index (χ1n) is 7.77. The van der Waals surface area contributed by atoms with Crippen molar-refractivity contribution < 1.29 is 14.7 Å². The average molecular weight is 282 g/mol. The van der Waals surface area contributed by atoms with Crippen LogP contribution in [0.15, 0.2) is 0 Å². The number of hydrogen-bond donors (Lipinski definition) is 2. The molecule has 2 N–H and O–H groups in total. The van der Waals surface area contributed by atoms with Gasteiger partial charge < -0.3 is 15.3 Å². The van der Waals surface area contributed by atoms with E-state index in [4.69, 9.17) is 5.11 Å². The molecule has 4 atom stereocenters. The van der Waals surface area contributed by atoms with E-state index in [0.717, 1.165) is 18.4 Å². The zero-order chi connectivity index (χ0) is 14.7. The highest BCUT2D eigenvalue weighted by molar-refractivity contribution is 5.75. The van der Waals surface area contributed by atoms with Crippen LogP contribution in [0, 0.1) is 17.8 Å². The minimum absolute atomic E-state index is 0.00458.